The van der Waals surface area contributed by atoms with Gasteiger partial charge in [0.2, 0.25) is 0 Å². The summed E-state index contributed by atoms with van der Waals surface area (Å²) in [6, 6.07) is 5.97. The van der Waals surface area contributed by atoms with Crippen LogP contribution in [-0.4, -0.2) is 43.4 Å². The zero-order valence-corrected chi connectivity index (χ0v) is 13.1. The lowest BCUT2D eigenvalue weighted by atomic mass is 10.0. The monoisotopic (exact) mass is 304 g/mol. The van der Waals surface area contributed by atoms with Gasteiger partial charge < -0.3 is 5.32 Å². The second-order valence-electron chi connectivity index (χ2n) is 4.75. The third-order valence-electron chi connectivity index (χ3n) is 3.41. The quantitative estimate of drug-likeness (QED) is 0.869. The van der Waals surface area contributed by atoms with Crippen molar-refractivity contribution >= 4 is 30.6 Å². The van der Waals surface area contributed by atoms with Crippen LogP contribution in [0.5, 0.6) is 0 Å². The van der Waals surface area contributed by atoms with Gasteiger partial charge >= 0.3 is 0 Å². The molecule has 1 aliphatic rings. The second kappa shape index (κ2) is 8.54. The van der Waals surface area contributed by atoms with Crippen molar-refractivity contribution in [1.29, 1.82) is 0 Å². The van der Waals surface area contributed by atoms with E-state index in [1.54, 1.807) is 0 Å². The molecule has 0 aliphatic carbocycles. The smallest absolute Gasteiger partial charge is 0.176 e. The van der Waals surface area contributed by atoms with Crippen LogP contribution < -0.4 is 5.32 Å². The van der Waals surface area contributed by atoms with Crippen LogP contribution in [0.25, 0.3) is 0 Å². The molecule has 1 heterocycles. The Morgan fingerprint density at radius 3 is 2.37 bits per heavy atom. The van der Waals surface area contributed by atoms with Gasteiger partial charge in [0.25, 0.3) is 0 Å². The second-order valence-corrected chi connectivity index (χ2v) is 4.75. The van der Waals surface area contributed by atoms with Crippen molar-refractivity contribution in [1.82, 2.24) is 10.2 Å². The molecule has 1 saturated heterocycles. The zero-order chi connectivity index (χ0) is 12.3. The van der Waals surface area contributed by atoms with Gasteiger partial charge in [-0.3, -0.25) is 9.69 Å². The highest BCUT2D eigenvalue weighted by atomic mass is 35.5. The van der Waals surface area contributed by atoms with Gasteiger partial charge in [-0.05, 0) is 31.0 Å². The first-order chi connectivity index (χ1) is 8.16. The van der Waals surface area contributed by atoms with E-state index in [1.807, 2.05) is 18.2 Å². The molecule has 0 radical (unpaired) electrons. The Morgan fingerprint density at radius 2 is 1.79 bits per heavy atom. The molecule has 1 N–H and O–H groups in total. The highest BCUT2D eigenvalue weighted by molar-refractivity contribution is 5.97. The maximum absolute atomic E-state index is 12.1. The number of hydrogen-bond donors (Lipinski definition) is 1. The number of halogens is 2. The Balaban J connectivity index is 0.00000162. The number of piperazine rings is 1. The molecule has 0 atom stereocenters. The summed E-state index contributed by atoms with van der Waals surface area (Å²) in [7, 11) is 0. The number of hydrogen-bond acceptors (Lipinski definition) is 3. The number of nitrogens with zero attached hydrogens (tertiary/aromatic N) is 1. The molecule has 0 saturated carbocycles. The van der Waals surface area contributed by atoms with Gasteiger partial charge in [-0.2, -0.15) is 0 Å². The van der Waals surface area contributed by atoms with E-state index in [4.69, 9.17) is 0 Å². The molecule has 1 fully saturated rings. The van der Waals surface area contributed by atoms with E-state index in [2.05, 4.69) is 24.1 Å². The van der Waals surface area contributed by atoms with E-state index in [1.165, 1.54) is 11.1 Å². The Hall–Kier alpha value is -0.610. The van der Waals surface area contributed by atoms with Crippen molar-refractivity contribution < 1.29 is 4.79 Å². The van der Waals surface area contributed by atoms with E-state index in [0.29, 0.717) is 6.54 Å². The maximum atomic E-state index is 12.1. The van der Waals surface area contributed by atoms with Gasteiger partial charge in [0, 0.05) is 31.7 Å². The third kappa shape index (κ3) is 5.11. The van der Waals surface area contributed by atoms with Crippen molar-refractivity contribution in [3.05, 3.63) is 34.9 Å². The lowest BCUT2D eigenvalue weighted by molar-refractivity contribution is 0.0921. The predicted molar refractivity (Wildman–Crippen MR) is 84.1 cm³/mol. The molecule has 3 nitrogen and oxygen atoms in total. The molecule has 1 aromatic rings. The lowest BCUT2D eigenvalue weighted by Crippen LogP contribution is -2.45. The average molecular weight is 305 g/mol. The minimum Gasteiger partial charge on any atom is -0.314 e. The van der Waals surface area contributed by atoms with E-state index in [9.17, 15) is 4.79 Å². The fourth-order valence-corrected chi connectivity index (χ4v) is 2.08. The Labute approximate surface area is 127 Å². The van der Waals surface area contributed by atoms with Crippen molar-refractivity contribution in [3.63, 3.8) is 0 Å². The van der Waals surface area contributed by atoms with E-state index >= 15 is 0 Å². The zero-order valence-electron chi connectivity index (χ0n) is 11.4. The van der Waals surface area contributed by atoms with Crippen LogP contribution in [0.15, 0.2) is 18.2 Å². The molecule has 0 unspecified atom stereocenters. The summed E-state index contributed by atoms with van der Waals surface area (Å²) < 4.78 is 0. The summed E-state index contributed by atoms with van der Waals surface area (Å²) >= 11 is 0. The molecule has 5 heteroatoms. The van der Waals surface area contributed by atoms with Crippen molar-refractivity contribution in [2.24, 2.45) is 0 Å². The number of rotatable bonds is 3. The normalized spacial score (nSPS) is 15.3. The summed E-state index contributed by atoms with van der Waals surface area (Å²) in [4.78, 5) is 14.3. The van der Waals surface area contributed by atoms with Crippen LogP contribution in [-0.2, 0) is 0 Å². The number of carbonyl (C=O) groups is 1. The molecule has 0 bridgehead atoms. The SMILES string of the molecule is Cc1ccc(C(=O)CN2CCNCC2)cc1C.Cl.Cl. The molecule has 1 aromatic carbocycles. The molecular formula is C14H22Cl2N2O. The Kier molecular flexibility index (Phi) is 8.26. The van der Waals surface area contributed by atoms with Crippen LogP contribution in [0.4, 0.5) is 0 Å². The average Bonchev–Trinajstić information content (AvgIpc) is 2.34. The number of nitrogens with one attached hydrogen (secondary N) is 1. The molecule has 0 spiro atoms. The van der Waals surface area contributed by atoms with Crippen LogP contribution in [0.1, 0.15) is 21.5 Å². The topological polar surface area (TPSA) is 32.3 Å². The van der Waals surface area contributed by atoms with Crippen molar-refractivity contribution in [3.8, 4) is 0 Å². The minimum absolute atomic E-state index is 0. The van der Waals surface area contributed by atoms with Crippen LogP contribution in [0, 0.1) is 13.8 Å². The Morgan fingerprint density at radius 1 is 1.16 bits per heavy atom. The van der Waals surface area contributed by atoms with Crippen LogP contribution in [0.3, 0.4) is 0 Å². The van der Waals surface area contributed by atoms with Gasteiger partial charge in [-0.1, -0.05) is 12.1 Å². The largest absolute Gasteiger partial charge is 0.314 e. The number of aryl methyl sites for hydroxylation is 2. The molecule has 2 rings (SSSR count). The Bertz CT molecular complexity index is 418. The van der Waals surface area contributed by atoms with Gasteiger partial charge in [0.05, 0.1) is 6.54 Å². The standard InChI is InChI=1S/C14H20N2O.2ClH/c1-11-3-4-13(9-12(11)2)14(17)10-16-7-5-15-6-8-16;;/h3-4,9,15H,5-8,10H2,1-2H3;2*1H. The lowest BCUT2D eigenvalue weighted by Gasteiger charge is -2.26. The summed E-state index contributed by atoms with van der Waals surface area (Å²) in [5.74, 6) is 0.231. The molecule has 108 valence electrons. The first kappa shape index (κ1) is 18.4. The summed E-state index contributed by atoms with van der Waals surface area (Å²) in [6.07, 6.45) is 0. The highest BCUT2D eigenvalue weighted by Crippen LogP contribution is 2.11. The third-order valence-corrected chi connectivity index (χ3v) is 3.41. The fraction of sp³-hybridized carbons (Fsp3) is 0.500. The van der Waals surface area contributed by atoms with Gasteiger partial charge in [0.1, 0.15) is 0 Å². The molecule has 0 aromatic heterocycles. The molecule has 19 heavy (non-hydrogen) atoms. The van der Waals surface area contributed by atoms with E-state index < -0.39 is 0 Å². The fourth-order valence-electron chi connectivity index (χ4n) is 2.08. The van der Waals surface area contributed by atoms with Gasteiger partial charge in [0.15, 0.2) is 5.78 Å². The summed E-state index contributed by atoms with van der Waals surface area (Å²) in [6.45, 7) is 8.58. The van der Waals surface area contributed by atoms with E-state index in [0.717, 1.165) is 31.7 Å². The van der Waals surface area contributed by atoms with E-state index in [-0.39, 0.29) is 30.6 Å². The van der Waals surface area contributed by atoms with Gasteiger partial charge in [-0.15, -0.1) is 24.8 Å². The van der Waals surface area contributed by atoms with Crippen molar-refractivity contribution in [2.45, 2.75) is 13.8 Å². The van der Waals surface area contributed by atoms with Crippen molar-refractivity contribution in [2.75, 3.05) is 32.7 Å². The first-order valence-electron chi connectivity index (χ1n) is 6.20. The summed E-state index contributed by atoms with van der Waals surface area (Å²) in [5, 5.41) is 3.29. The number of Topliss-reactive ketones (excluding diaryl/α,β-unsaturated/α-hetero) is 1. The van der Waals surface area contributed by atoms with Crippen LogP contribution in [0.2, 0.25) is 0 Å². The van der Waals surface area contributed by atoms with Gasteiger partial charge in [-0.25, -0.2) is 0 Å². The molecular weight excluding hydrogens is 283 g/mol. The highest BCUT2D eigenvalue weighted by Gasteiger charge is 2.14. The number of ketones is 1. The number of carbonyl (C=O) groups excluding carboxylic acids is 1. The minimum atomic E-state index is 0. The molecule has 1 aliphatic heterocycles. The maximum Gasteiger partial charge on any atom is 0.176 e. The molecule has 0 amide bonds. The predicted octanol–water partition coefficient (Wildman–Crippen LogP) is 2.23. The van der Waals surface area contributed by atoms with Crippen LogP contribution >= 0.6 is 24.8 Å². The number of benzene rings is 1. The summed E-state index contributed by atoms with van der Waals surface area (Å²) in [5.41, 5.74) is 3.27. The first-order valence-corrected chi connectivity index (χ1v) is 6.20.